The molecule has 0 N–H and O–H groups in total. The number of para-hydroxylation sites is 1. The van der Waals surface area contributed by atoms with Gasteiger partial charge in [-0.05, 0) is 50.5 Å². The van der Waals surface area contributed by atoms with Crippen LogP contribution in [0.15, 0.2) is 53.4 Å². The molecule has 3 rings (SSSR count). The summed E-state index contributed by atoms with van der Waals surface area (Å²) in [5.41, 5.74) is 0.917. The van der Waals surface area contributed by atoms with Crippen molar-refractivity contribution < 1.29 is 9.18 Å². The monoisotopic (exact) mass is 403 g/mol. The summed E-state index contributed by atoms with van der Waals surface area (Å²) >= 11 is 3.10. The SMILES string of the molecule is CN(C)CCN(C(=O)CCSc1ccc(F)cc1)c1nc2ccccc2s1. The number of aromatic nitrogens is 1. The third kappa shape index (κ3) is 5.51. The molecule has 1 aromatic heterocycles. The van der Waals surface area contributed by atoms with Crippen molar-refractivity contribution in [1.82, 2.24) is 9.88 Å². The number of thioether (sulfide) groups is 1. The molecule has 0 aliphatic carbocycles. The predicted octanol–water partition coefficient (Wildman–Crippen LogP) is 4.51. The number of rotatable bonds is 8. The standard InChI is InChI=1S/C20H22FN3OS2/c1-23(2)12-13-24(20-22-17-5-3-4-6-18(17)27-20)19(25)11-14-26-16-9-7-15(21)8-10-16/h3-10H,11-14H2,1-2H3. The lowest BCUT2D eigenvalue weighted by atomic mass is 10.3. The normalized spacial score (nSPS) is 11.3. The van der Waals surface area contributed by atoms with Crippen LogP contribution in [0.3, 0.4) is 0 Å². The average Bonchev–Trinajstić information content (AvgIpc) is 3.07. The molecule has 3 aromatic rings. The Morgan fingerprint density at radius 2 is 1.85 bits per heavy atom. The highest BCUT2D eigenvalue weighted by Crippen LogP contribution is 2.29. The van der Waals surface area contributed by atoms with E-state index in [9.17, 15) is 9.18 Å². The first-order valence-electron chi connectivity index (χ1n) is 8.72. The number of nitrogens with zero attached hydrogens (tertiary/aromatic N) is 3. The van der Waals surface area contributed by atoms with Crippen molar-refractivity contribution in [2.24, 2.45) is 0 Å². The highest BCUT2D eigenvalue weighted by molar-refractivity contribution is 7.99. The zero-order valence-electron chi connectivity index (χ0n) is 15.4. The molecule has 7 heteroatoms. The fourth-order valence-electron chi connectivity index (χ4n) is 2.52. The Balaban J connectivity index is 1.67. The molecule has 0 fully saturated rings. The molecular formula is C20H22FN3OS2. The number of likely N-dealkylation sites (N-methyl/N-ethyl adjacent to an activating group) is 1. The summed E-state index contributed by atoms with van der Waals surface area (Å²) in [4.78, 5) is 22.3. The summed E-state index contributed by atoms with van der Waals surface area (Å²) in [6, 6.07) is 14.3. The Kier molecular flexibility index (Phi) is 6.82. The number of amides is 1. The Morgan fingerprint density at radius 1 is 1.11 bits per heavy atom. The summed E-state index contributed by atoms with van der Waals surface area (Å²) in [7, 11) is 3.98. The first-order chi connectivity index (χ1) is 13.0. The highest BCUT2D eigenvalue weighted by Gasteiger charge is 2.19. The van der Waals surface area contributed by atoms with E-state index in [1.165, 1.54) is 12.1 Å². The summed E-state index contributed by atoms with van der Waals surface area (Å²) in [5.74, 6) is 0.458. The maximum Gasteiger partial charge on any atom is 0.229 e. The summed E-state index contributed by atoms with van der Waals surface area (Å²) in [6.07, 6.45) is 0.408. The van der Waals surface area contributed by atoms with Gasteiger partial charge >= 0.3 is 0 Å². The molecular weight excluding hydrogens is 381 g/mol. The van der Waals surface area contributed by atoms with Crippen LogP contribution >= 0.6 is 23.1 Å². The van der Waals surface area contributed by atoms with Crippen LogP contribution in [0.5, 0.6) is 0 Å². The number of fused-ring (bicyclic) bond motifs is 1. The first-order valence-corrected chi connectivity index (χ1v) is 10.5. The first kappa shape index (κ1) is 19.8. The van der Waals surface area contributed by atoms with Crippen molar-refractivity contribution in [3.8, 4) is 0 Å². The summed E-state index contributed by atoms with van der Waals surface area (Å²) in [5, 5.41) is 0.745. The van der Waals surface area contributed by atoms with Gasteiger partial charge in [-0.15, -0.1) is 11.8 Å². The van der Waals surface area contributed by atoms with Crippen LogP contribution in [0, 0.1) is 5.82 Å². The lowest BCUT2D eigenvalue weighted by Gasteiger charge is -2.22. The van der Waals surface area contributed by atoms with Crippen molar-refractivity contribution in [3.05, 3.63) is 54.3 Å². The molecule has 27 heavy (non-hydrogen) atoms. The molecule has 142 valence electrons. The number of benzene rings is 2. The number of hydrogen-bond donors (Lipinski definition) is 0. The second-order valence-corrected chi connectivity index (χ2v) is 8.54. The molecule has 1 amide bonds. The van der Waals surface area contributed by atoms with Crippen molar-refractivity contribution in [1.29, 1.82) is 0 Å². The molecule has 0 aliphatic heterocycles. The third-order valence-corrected chi connectivity index (χ3v) is 6.06. The fourth-order valence-corrected chi connectivity index (χ4v) is 4.37. The lowest BCUT2D eigenvalue weighted by molar-refractivity contribution is -0.118. The van der Waals surface area contributed by atoms with Gasteiger partial charge < -0.3 is 4.90 Å². The predicted molar refractivity (Wildman–Crippen MR) is 112 cm³/mol. The topological polar surface area (TPSA) is 36.4 Å². The molecule has 2 aromatic carbocycles. The van der Waals surface area contributed by atoms with E-state index < -0.39 is 0 Å². The minimum Gasteiger partial charge on any atom is -0.308 e. The van der Waals surface area contributed by atoms with E-state index in [0.717, 1.165) is 26.8 Å². The Hall–Kier alpha value is -1.96. The molecule has 0 radical (unpaired) electrons. The van der Waals surface area contributed by atoms with Crippen molar-refractivity contribution in [2.75, 3.05) is 37.8 Å². The van der Waals surface area contributed by atoms with E-state index in [1.807, 2.05) is 38.4 Å². The van der Waals surface area contributed by atoms with Gasteiger partial charge in [-0.2, -0.15) is 0 Å². The zero-order valence-corrected chi connectivity index (χ0v) is 17.0. The molecule has 0 unspecified atom stereocenters. The van der Waals surface area contributed by atoms with Crippen LogP contribution in [0.4, 0.5) is 9.52 Å². The van der Waals surface area contributed by atoms with E-state index >= 15 is 0 Å². The summed E-state index contributed by atoms with van der Waals surface area (Å²) in [6.45, 7) is 1.37. The molecule has 1 heterocycles. The van der Waals surface area contributed by atoms with E-state index in [-0.39, 0.29) is 11.7 Å². The summed E-state index contributed by atoms with van der Waals surface area (Å²) < 4.78 is 14.1. The number of anilines is 1. The number of halogens is 1. The third-order valence-electron chi connectivity index (χ3n) is 3.98. The Labute approximate surface area is 167 Å². The van der Waals surface area contributed by atoms with Crippen LogP contribution < -0.4 is 4.90 Å². The van der Waals surface area contributed by atoms with Gasteiger partial charge in [-0.25, -0.2) is 9.37 Å². The van der Waals surface area contributed by atoms with Crippen LogP contribution in [-0.4, -0.2) is 48.7 Å². The Bertz CT molecular complexity index is 863. The zero-order chi connectivity index (χ0) is 19.2. The molecule has 0 atom stereocenters. The Morgan fingerprint density at radius 3 is 2.56 bits per heavy atom. The van der Waals surface area contributed by atoms with E-state index in [0.29, 0.717) is 18.7 Å². The number of hydrogen-bond acceptors (Lipinski definition) is 5. The van der Waals surface area contributed by atoms with Crippen molar-refractivity contribution >= 4 is 44.4 Å². The minimum atomic E-state index is -0.249. The van der Waals surface area contributed by atoms with Gasteiger partial charge in [0.1, 0.15) is 5.82 Å². The van der Waals surface area contributed by atoms with Gasteiger partial charge in [0, 0.05) is 30.2 Å². The maximum absolute atomic E-state index is 13.0. The average molecular weight is 404 g/mol. The maximum atomic E-state index is 13.0. The number of thiazole rings is 1. The van der Waals surface area contributed by atoms with Gasteiger partial charge in [0.15, 0.2) is 5.13 Å². The smallest absolute Gasteiger partial charge is 0.229 e. The molecule has 0 saturated heterocycles. The molecule has 4 nitrogen and oxygen atoms in total. The second-order valence-electron chi connectivity index (χ2n) is 6.37. The lowest BCUT2D eigenvalue weighted by Crippen LogP contribution is -2.36. The second kappa shape index (κ2) is 9.30. The fraction of sp³-hybridized carbons (Fsp3) is 0.300. The van der Waals surface area contributed by atoms with Gasteiger partial charge in [0.25, 0.3) is 0 Å². The highest BCUT2D eigenvalue weighted by atomic mass is 32.2. The largest absolute Gasteiger partial charge is 0.308 e. The molecule has 0 aliphatic rings. The molecule has 0 saturated carbocycles. The molecule has 0 bridgehead atoms. The van der Waals surface area contributed by atoms with Crippen molar-refractivity contribution in [2.45, 2.75) is 11.3 Å². The quantitative estimate of drug-likeness (QED) is 0.519. The van der Waals surface area contributed by atoms with Crippen LogP contribution in [-0.2, 0) is 4.79 Å². The van der Waals surface area contributed by atoms with Gasteiger partial charge in [0.05, 0.1) is 10.2 Å². The van der Waals surface area contributed by atoms with Gasteiger partial charge in [-0.3, -0.25) is 9.69 Å². The van der Waals surface area contributed by atoms with Gasteiger partial charge in [0.2, 0.25) is 5.91 Å². The number of carbonyl (C=O) groups excluding carboxylic acids is 1. The minimum absolute atomic E-state index is 0.0607. The molecule has 0 spiro atoms. The van der Waals surface area contributed by atoms with Gasteiger partial charge in [-0.1, -0.05) is 23.5 Å². The van der Waals surface area contributed by atoms with Crippen molar-refractivity contribution in [3.63, 3.8) is 0 Å². The van der Waals surface area contributed by atoms with E-state index in [4.69, 9.17) is 0 Å². The van der Waals surface area contributed by atoms with Crippen LogP contribution in [0.25, 0.3) is 10.2 Å². The van der Waals surface area contributed by atoms with E-state index in [1.54, 1.807) is 40.1 Å². The number of carbonyl (C=O) groups is 1. The van der Waals surface area contributed by atoms with Crippen LogP contribution in [0.2, 0.25) is 0 Å². The van der Waals surface area contributed by atoms with Crippen LogP contribution in [0.1, 0.15) is 6.42 Å². The van der Waals surface area contributed by atoms with E-state index in [2.05, 4.69) is 9.88 Å².